The van der Waals surface area contributed by atoms with Crippen LogP contribution >= 0.6 is 0 Å². The summed E-state index contributed by atoms with van der Waals surface area (Å²) in [5.74, 6) is -0.343. The number of nitrogens with zero attached hydrogens (tertiary/aromatic N) is 2. The third-order valence-electron chi connectivity index (χ3n) is 2.83. The Morgan fingerprint density at radius 1 is 1.33 bits per heavy atom. The van der Waals surface area contributed by atoms with E-state index < -0.39 is 0 Å². The molecule has 94 valence electrons. The van der Waals surface area contributed by atoms with Gasteiger partial charge in [-0.3, -0.25) is 9.59 Å². The number of amides is 2. The van der Waals surface area contributed by atoms with E-state index >= 15 is 0 Å². The lowest BCUT2D eigenvalue weighted by molar-refractivity contribution is -0.111. The highest BCUT2D eigenvalue weighted by atomic mass is 16.2. The van der Waals surface area contributed by atoms with Crippen LogP contribution in [0.25, 0.3) is 0 Å². The van der Waals surface area contributed by atoms with Crippen LogP contribution in [0.4, 0.5) is 5.69 Å². The number of nitrogens with one attached hydrogen (secondary N) is 1. The molecule has 2 amide bonds. The Balaban J connectivity index is 2.04. The molecule has 2 heterocycles. The molecule has 5 heteroatoms. The van der Waals surface area contributed by atoms with Crippen LogP contribution in [0.15, 0.2) is 31.0 Å². The van der Waals surface area contributed by atoms with Gasteiger partial charge >= 0.3 is 0 Å². The second-order valence-electron chi connectivity index (χ2n) is 4.12. The van der Waals surface area contributed by atoms with E-state index in [0.717, 1.165) is 25.9 Å². The molecule has 0 unspecified atom stereocenters. The van der Waals surface area contributed by atoms with Gasteiger partial charge in [-0.2, -0.15) is 0 Å². The number of hydrogen-bond acceptors (Lipinski definition) is 3. The summed E-state index contributed by atoms with van der Waals surface area (Å²) in [6.45, 7) is 4.96. The maximum absolute atomic E-state index is 12.0. The van der Waals surface area contributed by atoms with Crippen molar-refractivity contribution in [3.8, 4) is 0 Å². The summed E-state index contributed by atoms with van der Waals surface area (Å²) in [5, 5.41) is 2.58. The van der Waals surface area contributed by atoms with Crippen molar-refractivity contribution in [1.29, 1.82) is 0 Å². The van der Waals surface area contributed by atoms with E-state index in [1.807, 2.05) is 0 Å². The van der Waals surface area contributed by atoms with Crippen molar-refractivity contribution in [3.63, 3.8) is 0 Å². The van der Waals surface area contributed by atoms with Crippen molar-refractivity contribution < 1.29 is 9.59 Å². The molecular weight excluding hydrogens is 230 g/mol. The highest BCUT2D eigenvalue weighted by Gasteiger charge is 2.20. The van der Waals surface area contributed by atoms with E-state index in [0.29, 0.717) is 11.4 Å². The van der Waals surface area contributed by atoms with Gasteiger partial charge in [0, 0.05) is 13.1 Å². The van der Waals surface area contributed by atoms with E-state index in [4.69, 9.17) is 0 Å². The van der Waals surface area contributed by atoms with Crippen LogP contribution in [-0.4, -0.2) is 34.8 Å². The Labute approximate surface area is 106 Å². The highest BCUT2D eigenvalue weighted by Crippen LogP contribution is 2.13. The lowest BCUT2D eigenvalue weighted by Crippen LogP contribution is -2.28. The maximum Gasteiger partial charge on any atom is 0.272 e. The molecule has 1 aliphatic rings. The molecule has 0 saturated carbocycles. The molecular formula is C13H15N3O2. The van der Waals surface area contributed by atoms with Crippen LogP contribution in [0.1, 0.15) is 23.3 Å². The third kappa shape index (κ3) is 2.74. The number of rotatable bonds is 3. The van der Waals surface area contributed by atoms with Gasteiger partial charge in [-0.05, 0) is 31.1 Å². The van der Waals surface area contributed by atoms with Gasteiger partial charge in [0.25, 0.3) is 5.91 Å². The number of carbonyl (C=O) groups is 2. The van der Waals surface area contributed by atoms with Gasteiger partial charge < -0.3 is 10.2 Å². The molecule has 1 aromatic heterocycles. The van der Waals surface area contributed by atoms with Gasteiger partial charge in [0.15, 0.2) is 0 Å². The summed E-state index contributed by atoms with van der Waals surface area (Å²) in [4.78, 5) is 28.9. The SMILES string of the molecule is C=CC(=O)Nc1ccc(C(=O)N2CCCC2)nc1. The van der Waals surface area contributed by atoms with Gasteiger partial charge in [-0.25, -0.2) is 4.98 Å². The van der Waals surface area contributed by atoms with E-state index in [9.17, 15) is 9.59 Å². The van der Waals surface area contributed by atoms with E-state index in [1.165, 1.54) is 12.3 Å². The quantitative estimate of drug-likeness (QED) is 0.820. The molecule has 18 heavy (non-hydrogen) atoms. The second kappa shape index (κ2) is 5.44. The topological polar surface area (TPSA) is 62.3 Å². The van der Waals surface area contributed by atoms with Gasteiger partial charge in [-0.1, -0.05) is 6.58 Å². The highest BCUT2D eigenvalue weighted by molar-refractivity contribution is 5.99. The Morgan fingerprint density at radius 3 is 2.61 bits per heavy atom. The Morgan fingerprint density at radius 2 is 2.06 bits per heavy atom. The normalized spacial score (nSPS) is 14.3. The van der Waals surface area contributed by atoms with E-state index in [2.05, 4.69) is 16.9 Å². The fourth-order valence-corrected chi connectivity index (χ4v) is 1.87. The van der Waals surface area contributed by atoms with Crippen molar-refractivity contribution in [1.82, 2.24) is 9.88 Å². The van der Waals surface area contributed by atoms with Crippen molar-refractivity contribution in [3.05, 3.63) is 36.7 Å². The van der Waals surface area contributed by atoms with Crippen LogP contribution in [-0.2, 0) is 4.79 Å². The predicted octanol–water partition coefficient (Wildman–Crippen LogP) is 1.44. The lowest BCUT2D eigenvalue weighted by Gasteiger charge is -2.14. The smallest absolute Gasteiger partial charge is 0.272 e. The van der Waals surface area contributed by atoms with Gasteiger partial charge in [0.1, 0.15) is 5.69 Å². The zero-order chi connectivity index (χ0) is 13.0. The zero-order valence-electron chi connectivity index (χ0n) is 10.1. The number of anilines is 1. The van der Waals surface area contributed by atoms with E-state index in [1.54, 1.807) is 17.0 Å². The van der Waals surface area contributed by atoms with E-state index in [-0.39, 0.29) is 11.8 Å². The van der Waals surface area contributed by atoms with Crippen molar-refractivity contribution >= 4 is 17.5 Å². The molecule has 0 aliphatic carbocycles. The molecule has 5 nitrogen and oxygen atoms in total. The fourth-order valence-electron chi connectivity index (χ4n) is 1.87. The maximum atomic E-state index is 12.0. The van der Waals surface area contributed by atoms with Crippen LogP contribution in [0.2, 0.25) is 0 Å². The zero-order valence-corrected chi connectivity index (χ0v) is 10.1. The molecule has 2 rings (SSSR count). The first-order chi connectivity index (χ1) is 8.70. The lowest BCUT2D eigenvalue weighted by atomic mass is 10.3. The minimum Gasteiger partial charge on any atom is -0.337 e. The number of pyridine rings is 1. The molecule has 1 aromatic rings. The molecule has 1 aliphatic heterocycles. The molecule has 0 bridgehead atoms. The standard InChI is InChI=1S/C13H15N3O2/c1-2-12(17)15-10-5-6-11(14-9-10)13(18)16-7-3-4-8-16/h2,5-6,9H,1,3-4,7-8H2,(H,15,17). The predicted molar refractivity (Wildman–Crippen MR) is 68.2 cm³/mol. The summed E-state index contributed by atoms with van der Waals surface area (Å²) in [6.07, 6.45) is 4.77. The van der Waals surface area contributed by atoms with Crippen LogP contribution in [0, 0.1) is 0 Å². The molecule has 0 spiro atoms. The second-order valence-corrected chi connectivity index (χ2v) is 4.12. The van der Waals surface area contributed by atoms with Crippen LogP contribution in [0.5, 0.6) is 0 Å². The summed E-state index contributed by atoms with van der Waals surface area (Å²) in [7, 11) is 0. The minimum absolute atomic E-state index is 0.0471. The van der Waals surface area contributed by atoms with Crippen molar-refractivity contribution in [2.24, 2.45) is 0 Å². The Hall–Kier alpha value is -2.17. The first-order valence-electron chi connectivity index (χ1n) is 5.89. The average molecular weight is 245 g/mol. The fraction of sp³-hybridized carbons (Fsp3) is 0.308. The number of carbonyl (C=O) groups excluding carboxylic acids is 2. The number of aromatic nitrogens is 1. The number of likely N-dealkylation sites (tertiary alicyclic amines) is 1. The molecule has 0 radical (unpaired) electrons. The van der Waals surface area contributed by atoms with Gasteiger partial charge in [0.05, 0.1) is 11.9 Å². The van der Waals surface area contributed by atoms with Crippen LogP contribution in [0.3, 0.4) is 0 Å². The van der Waals surface area contributed by atoms with Crippen molar-refractivity contribution in [2.75, 3.05) is 18.4 Å². The third-order valence-corrected chi connectivity index (χ3v) is 2.83. The largest absolute Gasteiger partial charge is 0.337 e. The van der Waals surface area contributed by atoms with Gasteiger partial charge in [-0.15, -0.1) is 0 Å². The van der Waals surface area contributed by atoms with Gasteiger partial charge in [0.2, 0.25) is 5.91 Å². The summed E-state index contributed by atoms with van der Waals surface area (Å²) < 4.78 is 0. The van der Waals surface area contributed by atoms with Crippen molar-refractivity contribution in [2.45, 2.75) is 12.8 Å². The summed E-state index contributed by atoms with van der Waals surface area (Å²) >= 11 is 0. The average Bonchev–Trinajstić information content (AvgIpc) is 2.92. The molecule has 1 saturated heterocycles. The molecule has 1 fully saturated rings. The first-order valence-corrected chi connectivity index (χ1v) is 5.89. The first kappa shape index (κ1) is 12.3. The molecule has 1 N–H and O–H groups in total. The summed E-state index contributed by atoms with van der Waals surface area (Å²) in [6, 6.07) is 3.29. The molecule has 0 atom stereocenters. The monoisotopic (exact) mass is 245 g/mol. The molecule has 0 aromatic carbocycles. The minimum atomic E-state index is -0.296. The van der Waals surface area contributed by atoms with Crippen LogP contribution < -0.4 is 5.32 Å². The Bertz CT molecular complexity index is 462. The Kier molecular flexibility index (Phi) is 3.72. The summed E-state index contributed by atoms with van der Waals surface area (Å²) in [5.41, 5.74) is 0.964. The number of hydrogen-bond donors (Lipinski definition) is 1.